The number of carbonyl (C=O) groups is 2. The number of rotatable bonds is 8. The molecule has 132 valence electrons. The molecule has 1 aliphatic rings. The van der Waals surface area contributed by atoms with Gasteiger partial charge in [0.1, 0.15) is 0 Å². The third kappa shape index (κ3) is 6.71. The molecule has 2 N–H and O–H groups in total. The van der Waals surface area contributed by atoms with Crippen molar-refractivity contribution in [2.75, 3.05) is 26.2 Å². The number of amides is 2. The van der Waals surface area contributed by atoms with Gasteiger partial charge < -0.3 is 15.5 Å². The highest BCUT2D eigenvalue weighted by Crippen LogP contribution is 2.16. The van der Waals surface area contributed by atoms with E-state index in [4.69, 9.17) is 0 Å². The lowest BCUT2D eigenvalue weighted by Crippen LogP contribution is -2.35. The predicted molar refractivity (Wildman–Crippen MR) is 95.5 cm³/mol. The summed E-state index contributed by atoms with van der Waals surface area (Å²) < 4.78 is 0. The second kappa shape index (κ2) is 10.1. The van der Waals surface area contributed by atoms with Crippen LogP contribution in [0, 0.1) is 0 Å². The summed E-state index contributed by atoms with van der Waals surface area (Å²) in [5, 5.41) is 5.84. The lowest BCUT2D eigenvalue weighted by Gasteiger charge is -2.26. The smallest absolute Gasteiger partial charge is 0.222 e. The van der Waals surface area contributed by atoms with E-state index in [2.05, 4.69) is 15.5 Å². The number of hydrogen-bond donors (Lipinski definition) is 2. The molecule has 0 aliphatic carbocycles. The van der Waals surface area contributed by atoms with Gasteiger partial charge in [-0.3, -0.25) is 9.59 Å². The van der Waals surface area contributed by atoms with E-state index in [0.29, 0.717) is 6.54 Å². The monoisotopic (exact) mass is 331 g/mol. The van der Waals surface area contributed by atoms with Crippen LogP contribution < -0.4 is 10.6 Å². The van der Waals surface area contributed by atoms with Gasteiger partial charge in [0, 0.05) is 13.5 Å². The lowest BCUT2D eigenvalue weighted by molar-refractivity contribution is -0.122. The van der Waals surface area contributed by atoms with Crippen molar-refractivity contribution in [2.24, 2.45) is 0 Å². The average molecular weight is 331 g/mol. The summed E-state index contributed by atoms with van der Waals surface area (Å²) >= 11 is 0. The SMILES string of the molecule is CC(=O)NC(CC(=O)NCCCN1CCCCC1)c1ccccc1. The predicted octanol–water partition coefficient (Wildman–Crippen LogP) is 2.25. The van der Waals surface area contributed by atoms with Gasteiger partial charge in [-0.2, -0.15) is 0 Å². The molecule has 24 heavy (non-hydrogen) atoms. The van der Waals surface area contributed by atoms with Crippen LogP contribution in [0.4, 0.5) is 0 Å². The van der Waals surface area contributed by atoms with Crippen LogP contribution in [0.2, 0.25) is 0 Å². The summed E-state index contributed by atoms with van der Waals surface area (Å²) in [6.45, 7) is 5.59. The Bertz CT molecular complexity index is 513. The molecule has 0 spiro atoms. The highest BCUT2D eigenvalue weighted by atomic mass is 16.2. The molecule has 1 saturated heterocycles. The van der Waals surface area contributed by atoms with Crippen LogP contribution >= 0.6 is 0 Å². The van der Waals surface area contributed by atoms with E-state index in [1.807, 2.05) is 30.3 Å². The molecule has 5 nitrogen and oxygen atoms in total. The van der Waals surface area contributed by atoms with Crippen molar-refractivity contribution in [2.45, 2.75) is 45.1 Å². The Kier molecular flexibility index (Phi) is 7.75. The number of nitrogens with zero attached hydrogens (tertiary/aromatic N) is 1. The summed E-state index contributed by atoms with van der Waals surface area (Å²) in [6.07, 6.45) is 5.18. The van der Waals surface area contributed by atoms with Crippen molar-refractivity contribution in [3.63, 3.8) is 0 Å². The number of piperidine rings is 1. The molecule has 1 heterocycles. The zero-order valence-electron chi connectivity index (χ0n) is 14.6. The van der Waals surface area contributed by atoms with Crippen LogP contribution in [0.3, 0.4) is 0 Å². The first kappa shape index (κ1) is 18.5. The van der Waals surface area contributed by atoms with Crippen molar-refractivity contribution in [3.05, 3.63) is 35.9 Å². The van der Waals surface area contributed by atoms with Gasteiger partial charge in [-0.25, -0.2) is 0 Å². The van der Waals surface area contributed by atoms with Crippen molar-refractivity contribution >= 4 is 11.8 Å². The standard InChI is InChI=1S/C19H29N3O2/c1-16(23)21-18(17-9-4-2-5-10-17)15-19(24)20-11-8-14-22-12-6-3-7-13-22/h2,4-5,9-10,18H,3,6-8,11-15H2,1H3,(H,20,24)(H,21,23). The van der Waals surface area contributed by atoms with Gasteiger partial charge in [0.25, 0.3) is 0 Å². The molecule has 2 amide bonds. The Morgan fingerprint density at radius 2 is 1.83 bits per heavy atom. The quantitative estimate of drug-likeness (QED) is 0.718. The normalized spacial score (nSPS) is 16.4. The van der Waals surface area contributed by atoms with Gasteiger partial charge in [-0.05, 0) is 44.5 Å². The zero-order valence-corrected chi connectivity index (χ0v) is 14.6. The molecule has 0 bridgehead atoms. The first-order chi connectivity index (χ1) is 11.6. The molecule has 5 heteroatoms. The molecule has 0 aromatic heterocycles. The highest BCUT2D eigenvalue weighted by molar-refractivity contribution is 5.79. The maximum absolute atomic E-state index is 12.2. The topological polar surface area (TPSA) is 61.4 Å². The van der Waals surface area contributed by atoms with Gasteiger partial charge >= 0.3 is 0 Å². The minimum absolute atomic E-state index is 0.0174. The van der Waals surface area contributed by atoms with Gasteiger partial charge in [-0.1, -0.05) is 36.8 Å². The Morgan fingerprint density at radius 3 is 2.50 bits per heavy atom. The second-order valence-corrected chi connectivity index (χ2v) is 6.47. The lowest BCUT2D eigenvalue weighted by atomic mass is 10.0. The summed E-state index contributed by atoms with van der Waals surface area (Å²) in [5.74, 6) is -0.141. The maximum Gasteiger partial charge on any atom is 0.222 e. The molecule has 0 saturated carbocycles. The molecule has 1 atom stereocenters. The minimum Gasteiger partial charge on any atom is -0.356 e. The first-order valence-electron chi connectivity index (χ1n) is 8.96. The third-order valence-corrected chi connectivity index (χ3v) is 4.39. The van der Waals surface area contributed by atoms with Crippen LogP contribution in [0.5, 0.6) is 0 Å². The van der Waals surface area contributed by atoms with E-state index in [0.717, 1.165) is 18.5 Å². The van der Waals surface area contributed by atoms with Crippen LogP contribution in [0.25, 0.3) is 0 Å². The molecular formula is C19H29N3O2. The Morgan fingerprint density at radius 1 is 1.12 bits per heavy atom. The fourth-order valence-electron chi connectivity index (χ4n) is 3.15. The number of benzene rings is 1. The summed E-state index contributed by atoms with van der Waals surface area (Å²) in [7, 11) is 0. The van der Waals surface area contributed by atoms with Gasteiger partial charge in [-0.15, -0.1) is 0 Å². The Balaban J connectivity index is 1.72. The molecular weight excluding hydrogens is 302 g/mol. The molecule has 2 rings (SSSR count). The van der Waals surface area contributed by atoms with Crippen molar-refractivity contribution in [1.82, 2.24) is 15.5 Å². The number of nitrogens with one attached hydrogen (secondary N) is 2. The van der Waals surface area contributed by atoms with E-state index in [1.165, 1.54) is 39.3 Å². The Labute approximate surface area is 144 Å². The van der Waals surface area contributed by atoms with E-state index in [9.17, 15) is 9.59 Å². The summed E-state index contributed by atoms with van der Waals surface area (Å²) in [6, 6.07) is 9.36. The number of hydrogen-bond acceptors (Lipinski definition) is 3. The van der Waals surface area contributed by atoms with Gasteiger partial charge in [0.2, 0.25) is 11.8 Å². The summed E-state index contributed by atoms with van der Waals surface area (Å²) in [4.78, 5) is 26.1. The molecule has 0 radical (unpaired) electrons. The van der Waals surface area contributed by atoms with Gasteiger partial charge in [0.15, 0.2) is 0 Å². The number of likely N-dealkylation sites (tertiary alicyclic amines) is 1. The molecule has 1 fully saturated rings. The zero-order chi connectivity index (χ0) is 17.2. The first-order valence-corrected chi connectivity index (χ1v) is 8.96. The minimum atomic E-state index is -0.272. The molecule has 1 unspecified atom stereocenters. The van der Waals surface area contributed by atoms with E-state index >= 15 is 0 Å². The third-order valence-electron chi connectivity index (χ3n) is 4.39. The van der Waals surface area contributed by atoms with Crippen LogP contribution in [0.15, 0.2) is 30.3 Å². The fourth-order valence-corrected chi connectivity index (χ4v) is 3.15. The Hall–Kier alpha value is -1.88. The van der Waals surface area contributed by atoms with E-state index in [1.54, 1.807) is 0 Å². The van der Waals surface area contributed by atoms with Gasteiger partial charge in [0.05, 0.1) is 12.5 Å². The maximum atomic E-state index is 12.2. The van der Waals surface area contributed by atoms with Crippen LogP contribution in [-0.4, -0.2) is 42.9 Å². The largest absolute Gasteiger partial charge is 0.356 e. The highest BCUT2D eigenvalue weighted by Gasteiger charge is 2.16. The van der Waals surface area contributed by atoms with Crippen LogP contribution in [0.1, 0.15) is 50.6 Å². The molecule has 1 aromatic carbocycles. The molecule has 1 aromatic rings. The second-order valence-electron chi connectivity index (χ2n) is 6.47. The van der Waals surface area contributed by atoms with Crippen molar-refractivity contribution in [3.8, 4) is 0 Å². The van der Waals surface area contributed by atoms with E-state index in [-0.39, 0.29) is 24.3 Å². The number of carbonyl (C=O) groups excluding carboxylic acids is 2. The fraction of sp³-hybridized carbons (Fsp3) is 0.579. The average Bonchev–Trinajstić information content (AvgIpc) is 2.59. The van der Waals surface area contributed by atoms with Crippen molar-refractivity contribution < 1.29 is 9.59 Å². The van der Waals surface area contributed by atoms with Crippen molar-refractivity contribution in [1.29, 1.82) is 0 Å². The van der Waals surface area contributed by atoms with E-state index < -0.39 is 0 Å². The summed E-state index contributed by atoms with van der Waals surface area (Å²) in [5.41, 5.74) is 0.955. The molecule has 1 aliphatic heterocycles. The van der Waals surface area contributed by atoms with Crippen LogP contribution in [-0.2, 0) is 9.59 Å².